The molecular weight excluding hydrogens is 226 g/mol. The lowest BCUT2D eigenvalue weighted by Gasteiger charge is -2.32. The summed E-state index contributed by atoms with van der Waals surface area (Å²) in [4.78, 5) is 8.17. The average Bonchev–Trinajstić information content (AvgIpc) is 2.80. The van der Waals surface area contributed by atoms with Crippen molar-refractivity contribution in [3.8, 4) is 0 Å². The maximum atomic E-state index is 8.98. The summed E-state index contributed by atoms with van der Waals surface area (Å²) in [6.07, 6.45) is 5.05. The Labute approximate surface area is 110 Å². The van der Waals surface area contributed by atoms with Crippen LogP contribution in [-0.2, 0) is 12.8 Å². The molecule has 0 unspecified atom stereocenters. The number of aromatic nitrogens is 1. The highest BCUT2D eigenvalue weighted by Crippen LogP contribution is 2.11. The molecule has 1 aromatic rings. The number of piperazine rings is 1. The van der Waals surface area contributed by atoms with Crippen LogP contribution in [0.3, 0.4) is 0 Å². The highest BCUT2D eigenvalue weighted by molar-refractivity contribution is 5.20. The molecule has 1 saturated heterocycles. The topological polar surface area (TPSA) is 42.5 Å². The van der Waals surface area contributed by atoms with E-state index in [1.54, 1.807) is 0 Å². The van der Waals surface area contributed by atoms with E-state index >= 15 is 0 Å². The number of aliphatic hydroxyl groups excluding tert-OH is 1. The van der Waals surface area contributed by atoms with Gasteiger partial charge in [0, 0.05) is 51.1 Å². The Morgan fingerprint density at radius 2 is 2.00 bits per heavy atom. The SMILES string of the molecule is CN1CCN(CCCc2cc[nH]c2CCO)CC1. The van der Waals surface area contributed by atoms with Crippen molar-refractivity contribution in [1.29, 1.82) is 0 Å². The molecule has 0 amide bonds. The van der Waals surface area contributed by atoms with Crippen molar-refractivity contribution in [3.05, 3.63) is 23.5 Å². The monoisotopic (exact) mass is 251 g/mol. The number of aryl methyl sites for hydroxylation is 1. The third kappa shape index (κ3) is 3.83. The molecule has 4 heteroatoms. The van der Waals surface area contributed by atoms with Gasteiger partial charge in [0.15, 0.2) is 0 Å². The Balaban J connectivity index is 1.70. The summed E-state index contributed by atoms with van der Waals surface area (Å²) in [6.45, 7) is 6.21. The number of rotatable bonds is 6. The Morgan fingerprint density at radius 1 is 1.22 bits per heavy atom. The van der Waals surface area contributed by atoms with Crippen molar-refractivity contribution in [2.75, 3.05) is 46.4 Å². The number of H-pyrrole nitrogens is 1. The van der Waals surface area contributed by atoms with Gasteiger partial charge in [-0.2, -0.15) is 0 Å². The Bertz CT molecular complexity index is 343. The lowest BCUT2D eigenvalue weighted by Crippen LogP contribution is -2.44. The lowest BCUT2D eigenvalue weighted by molar-refractivity contribution is 0.153. The second-order valence-electron chi connectivity index (χ2n) is 5.20. The molecule has 102 valence electrons. The first-order chi connectivity index (χ1) is 8.79. The van der Waals surface area contributed by atoms with Gasteiger partial charge in [-0.3, -0.25) is 0 Å². The second-order valence-corrected chi connectivity index (χ2v) is 5.20. The Kier molecular flexibility index (Phi) is 5.23. The molecule has 2 heterocycles. The van der Waals surface area contributed by atoms with Gasteiger partial charge in [-0.15, -0.1) is 0 Å². The van der Waals surface area contributed by atoms with Gasteiger partial charge in [-0.25, -0.2) is 0 Å². The van der Waals surface area contributed by atoms with E-state index in [2.05, 4.69) is 27.9 Å². The standard InChI is InChI=1S/C14H25N3O/c1-16-8-10-17(11-9-16)7-2-3-13-4-6-15-14(13)5-12-18/h4,6,15,18H,2-3,5,7-12H2,1H3. The molecular formula is C14H25N3O. The molecule has 0 radical (unpaired) electrons. The quantitative estimate of drug-likeness (QED) is 0.783. The van der Waals surface area contributed by atoms with E-state index in [-0.39, 0.29) is 6.61 Å². The molecule has 2 rings (SSSR count). The van der Waals surface area contributed by atoms with E-state index in [9.17, 15) is 0 Å². The third-order valence-electron chi connectivity index (χ3n) is 3.81. The minimum atomic E-state index is 0.228. The zero-order chi connectivity index (χ0) is 12.8. The zero-order valence-electron chi connectivity index (χ0n) is 11.4. The van der Waals surface area contributed by atoms with Crippen molar-refractivity contribution in [2.45, 2.75) is 19.3 Å². The molecule has 18 heavy (non-hydrogen) atoms. The summed E-state index contributed by atoms with van der Waals surface area (Å²) in [7, 11) is 2.19. The fourth-order valence-corrected chi connectivity index (χ4v) is 2.58. The minimum Gasteiger partial charge on any atom is -0.396 e. The van der Waals surface area contributed by atoms with E-state index in [1.165, 1.54) is 50.4 Å². The van der Waals surface area contributed by atoms with Crippen LogP contribution in [-0.4, -0.2) is 66.3 Å². The highest BCUT2D eigenvalue weighted by atomic mass is 16.3. The van der Waals surface area contributed by atoms with E-state index in [0.717, 1.165) is 12.8 Å². The first kappa shape index (κ1) is 13.6. The maximum Gasteiger partial charge on any atom is 0.0485 e. The largest absolute Gasteiger partial charge is 0.396 e. The number of likely N-dealkylation sites (N-methyl/N-ethyl adjacent to an activating group) is 1. The van der Waals surface area contributed by atoms with Gasteiger partial charge in [0.1, 0.15) is 0 Å². The number of hydrogen-bond donors (Lipinski definition) is 2. The Morgan fingerprint density at radius 3 is 2.72 bits per heavy atom. The van der Waals surface area contributed by atoms with Gasteiger partial charge in [-0.1, -0.05) is 0 Å². The molecule has 1 fully saturated rings. The molecule has 0 saturated carbocycles. The van der Waals surface area contributed by atoms with Crippen molar-refractivity contribution in [2.24, 2.45) is 0 Å². The van der Waals surface area contributed by atoms with Gasteiger partial charge in [0.05, 0.1) is 0 Å². The van der Waals surface area contributed by atoms with Gasteiger partial charge >= 0.3 is 0 Å². The van der Waals surface area contributed by atoms with Crippen molar-refractivity contribution in [1.82, 2.24) is 14.8 Å². The van der Waals surface area contributed by atoms with Crippen LogP contribution in [0.2, 0.25) is 0 Å². The van der Waals surface area contributed by atoms with E-state index < -0.39 is 0 Å². The number of nitrogens with one attached hydrogen (secondary N) is 1. The van der Waals surface area contributed by atoms with E-state index in [4.69, 9.17) is 5.11 Å². The molecule has 0 atom stereocenters. The molecule has 2 N–H and O–H groups in total. The smallest absolute Gasteiger partial charge is 0.0485 e. The predicted octanol–water partition coefficient (Wildman–Crippen LogP) is 0.729. The number of aromatic amines is 1. The summed E-state index contributed by atoms with van der Waals surface area (Å²) in [6, 6.07) is 2.15. The average molecular weight is 251 g/mol. The van der Waals surface area contributed by atoms with Crippen LogP contribution >= 0.6 is 0 Å². The van der Waals surface area contributed by atoms with Gasteiger partial charge in [0.25, 0.3) is 0 Å². The third-order valence-corrected chi connectivity index (χ3v) is 3.81. The number of aliphatic hydroxyl groups is 1. The van der Waals surface area contributed by atoms with Crippen molar-refractivity contribution >= 4 is 0 Å². The van der Waals surface area contributed by atoms with Crippen LogP contribution in [0.1, 0.15) is 17.7 Å². The van der Waals surface area contributed by atoms with Crippen molar-refractivity contribution in [3.63, 3.8) is 0 Å². The molecule has 0 aliphatic carbocycles. The van der Waals surface area contributed by atoms with Crippen LogP contribution in [0.5, 0.6) is 0 Å². The summed E-state index contributed by atoms with van der Waals surface area (Å²) >= 11 is 0. The van der Waals surface area contributed by atoms with E-state index in [1.807, 2.05) is 6.20 Å². The zero-order valence-corrected chi connectivity index (χ0v) is 11.4. The van der Waals surface area contributed by atoms with Gasteiger partial charge in [-0.05, 0) is 38.1 Å². The summed E-state index contributed by atoms with van der Waals surface area (Å²) in [5.41, 5.74) is 2.58. The summed E-state index contributed by atoms with van der Waals surface area (Å²) in [5, 5.41) is 8.98. The molecule has 0 aromatic carbocycles. The summed E-state index contributed by atoms with van der Waals surface area (Å²) in [5.74, 6) is 0. The first-order valence-corrected chi connectivity index (χ1v) is 6.96. The number of hydrogen-bond acceptors (Lipinski definition) is 3. The van der Waals surface area contributed by atoms with Crippen molar-refractivity contribution < 1.29 is 5.11 Å². The Hall–Kier alpha value is -0.840. The summed E-state index contributed by atoms with van der Waals surface area (Å²) < 4.78 is 0. The molecule has 4 nitrogen and oxygen atoms in total. The fraction of sp³-hybridized carbons (Fsp3) is 0.714. The molecule has 1 aliphatic heterocycles. The van der Waals surface area contributed by atoms with Crippen LogP contribution in [0.4, 0.5) is 0 Å². The molecule has 0 spiro atoms. The fourth-order valence-electron chi connectivity index (χ4n) is 2.58. The molecule has 1 aliphatic rings. The highest BCUT2D eigenvalue weighted by Gasteiger charge is 2.13. The van der Waals surface area contributed by atoms with Crippen LogP contribution in [0.25, 0.3) is 0 Å². The van der Waals surface area contributed by atoms with E-state index in [0.29, 0.717) is 0 Å². The normalized spacial score (nSPS) is 18.3. The first-order valence-electron chi connectivity index (χ1n) is 6.96. The number of nitrogens with zero attached hydrogens (tertiary/aromatic N) is 2. The van der Waals surface area contributed by atoms with Crippen LogP contribution in [0, 0.1) is 0 Å². The molecule has 0 bridgehead atoms. The minimum absolute atomic E-state index is 0.228. The van der Waals surface area contributed by atoms with Gasteiger partial charge in [0.2, 0.25) is 0 Å². The van der Waals surface area contributed by atoms with Crippen LogP contribution < -0.4 is 0 Å². The lowest BCUT2D eigenvalue weighted by atomic mass is 10.1. The van der Waals surface area contributed by atoms with Gasteiger partial charge < -0.3 is 19.9 Å². The molecule has 1 aromatic heterocycles. The predicted molar refractivity (Wildman–Crippen MR) is 73.8 cm³/mol. The maximum absolute atomic E-state index is 8.98. The second kappa shape index (κ2) is 6.92. The van der Waals surface area contributed by atoms with Crippen LogP contribution in [0.15, 0.2) is 12.3 Å².